The molecule has 1 aliphatic heterocycles. The van der Waals surface area contributed by atoms with E-state index in [1.165, 1.54) is 10.4 Å². The molecule has 0 radical (unpaired) electrons. The van der Waals surface area contributed by atoms with Crippen LogP contribution in [0.15, 0.2) is 39.8 Å². The minimum Gasteiger partial charge on any atom is -0.359 e. The molecule has 2 aromatic rings. The molecule has 21 heavy (non-hydrogen) atoms. The van der Waals surface area contributed by atoms with E-state index in [1.807, 2.05) is 6.92 Å². The maximum Gasteiger partial charge on any atom is 0.243 e. The third-order valence-electron chi connectivity index (χ3n) is 3.58. The third-order valence-corrected chi connectivity index (χ3v) is 5.72. The number of aromatic nitrogens is 1. The maximum absolute atomic E-state index is 12.8. The number of hydrogen-bond donors (Lipinski definition) is 0. The van der Waals surface area contributed by atoms with Gasteiger partial charge in [-0.1, -0.05) is 22.8 Å². The first kappa shape index (κ1) is 14.6. The molecule has 1 aromatic carbocycles. The quantitative estimate of drug-likeness (QED) is 0.869. The third kappa shape index (κ3) is 2.71. The summed E-state index contributed by atoms with van der Waals surface area (Å²) in [7, 11) is -3.59. The van der Waals surface area contributed by atoms with Gasteiger partial charge in [-0.15, -0.1) is 0 Å². The van der Waals surface area contributed by atoms with Crippen LogP contribution in [0.3, 0.4) is 0 Å². The van der Waals surface area contributed by atoms with E-state index in [2.05, 4.69) is 5.16 Å². The second-order valence-corrected chi connectivity index (χ2v) is 7.43. The van der Waals surface area contributed by atoms with Crippen molar-refractivity contribution in [3.05, 3.63) is 46.8 Å². The van der Waals surface area contributed by atoms with E-state index in [0.717, 1.165) is 18.5 Å². The van der Waals surface area contributed by atoms with Crippen molar-refractivity contribution in [3.63, 3.8) is 0 Å². The van der Waals surface area contributed by atoms with Crippen molar-refractivity contribution >= 4 is 21.6 Å². The molecule has 0 N–H and O–H groups in total. The van der Waals surface area contributed by atoms with Crippen LogP contribution in [0, 0.1) is 6.92 Å². The molecule has 2 heterocycles. The van der Waals surface area contributed by atoms with Gasteiger partial charge in [0.05, 0.1) is 16.6 Å². The van der Waals surface area contributed by atoms with Gasteiger partial charge in [0.15, 0.2) is 5.76 Å². The fourth-order valence-electron chi connectivity index (χ4n) is 2.62. The van der Waals surface area contributed by atoms with Crippen LogP contribution in [0.5, 0.6) is 0 Å². The predicted molar refractivity (Wildman–Crippen MR) is 78.6 cm³/mol. The average molecular weight is 327 g/mol. The highest BCUT2D eigenvalue weighted by atomic mass is 35.5. The number of aryl methyl sites for hydroxylation is 1. The zero-order chi connectivity index (χ0) is 15.0. The normalized spacial score (nSPS) is 20.0. The molecule has 1 saturated heterocycles. The summed E-state index contributed by atoms with van der Waals surface area (Å²) >= 11 is 5.90. The van der Waals surface area contributed by atoms with Gasteiger partial charge >= 0.3 is 0 Å². The molecule has 0 bridgehead atoms. The lowest BCUT2D eigenvalue weighted by Gasteiger charge is -2.22. The molecule has 0 aliphatic carbocycles. The topological polar surface area (TPSA) is 63.4 Å². The number of sulfonamides is 1. The number of benzene rings is 1. The van der Waals surface area contributed by atoms with E-state index >= 15 is 0 Å². The minimum absolute atomic E-state index is 0.207. The summed E-state index contributed by atoms with van der Waals surface area (Å²) in [4.78, 5) is 0.207. The number of rotatable bonds is 3. The van der Waals surface area contributed by atoms with Gasteiger partial charge in [0.25, 0.3) is 0 Å². The Bertz CT molecular complexity index is 757. The lowest BCUT2D eigenvalue weighted by molar-refractivity contribution is 0.297. The molecule has 1 aromatic heterocycles. The van der Waals surface area contributed by atoms with Gasteiger partial charge in [0.1, 0.15) is 0 Å². The standard InChI is InChI=1S/C14H15ClN2O3S/c1-10-8-14(20-16-10)13-6-3-7-17(13)21(18,19)12-5-2-4-11(15)9-12/h2,4-5,8-9,13H,3,6-7H2,1H3. The molecule has 5 nitrogen and oxygen atoms in total. The number of halogens is 1. The van der Waals surface area contributed by atoms with Crippen LogP contribution in [0.2, 0.25) is 5.02 Å². The lowest BCUT2D eigenvalue weighted by Crippen LogP contribution is -2.30. The fourth-order valence-corrected chi connectivity index (χ4v) is 4.58. The SMILES string of the molecule is Cc1cc(C2CCCN2S(=O)(=O)c2cccc(Cl)c2)on1. The average Bonchev–Trinajstić information content (AvgIpc) is 3.07. The van der Waals surface area contributed by atoms with Crippen molar-refractivity contribution in [2.75, 3.05) is 6.54 Å². The Labute approximate surface area is 128 Å². The highest BCUT2D eigenvalue weighted by molar-refractivity contribution is 7.89. The molecule has 7 heteroatoms. The van der Waals surface area contributed by atoms with Gasteiger partial charge in [-0.2, -0.15) is 4.31 Å². The van der Waals surface area contributed by atoms with Crippen LogP contribution in [0.25, 0.3) is 0 Å². The molecule has 1 fully saturated rings. The Balaban J connectivity index is 1.98. The van der Waals surface area contributed by atoms with Crippen molar-refractivity contribution < 1.29 is 12.9 Å². The van der Waals surface area contributed by atoms with Crippen LogP contribution in [0.1, 0.15) is 30.3 Å². The van der Waals surface area contributed by atoms with Crippen molar-refractivity contribution in [3.8, 4) is 0 Å². The summed E-state index contributed by atoms with van der Waals surface area (Å²) in [6.45, 7) is 2.29. The van der Waals surface area contributed by atoms with Gasteiger partial charge in [0.2, 0.25) is 10.0 Å². The largest absolute Gasteiger partial charge is 0.359 e. The van der Waals surface area contributed by atoms with Crippen LogP contribution < -0.4 is 0 Å². The minimum atomic E-state index is -3.59. The second kappa shape index (κ2) is 5.44. The molecular weight excluding hydrogens is 312 g/mol. The molecular formula is C14H15ClN2O3S. The fraction of sp³-hybridized carbons (Fsp3) is 0.357. The second-order valence-electron chi connectivity index (χ2n) is 5.10. The zero-order valence-electron chi connectivity index (χ0n) is 11.5. The molecule has 0 spiro atoms. The Morgan fingerprint density at radius 3 is 2.86 bits per heavy atom. The molecule has 1 unspecified atom stereocenters. The Morgan fingerprint density at radius 1 is 1.38 bits per heavy atom. The van der Waals surface area contributed by atoms with E-state index in [0.29, 0.717) is 17.3 Å². The van der Waals surface area contributed by atoms with Crippen molar-refractivity contribution in [2.24, 2.45) is 0 Å². The Kier molecular flexibility index (Phi) is 3.77. The predicted octanol–water partition coefficient (Wildman–Crippen LogP) is 3.16. The van der Waals surface area contributed by atoms with Crippen molar-refractivity contribution in [1.82, 2.24) is 9.46 Å². The summed E-state index contributed by atoms with van der Waals surface area (Å²) < 4.78 is 32.3. The van der Waals surface area contributed by atoms with Gasteiger partial charge in [-0.3, -0.25) is 0 Å². The van der Waals surface area contributed by atoms with Crippen LogP contribution in [-0.4, -0.2) is 24.4 Å². The van der Waals surface area contributed by atoms with Gasteiger partial charge in [-0.25, -0.2) is 8.42 Å². The van der Waals surface area contributed by atoms with E-state index in [4.69, 9.17) is 16.1 Å². The molecule has 3 rings (SSSR count). The van der Waals surface area contributed by atoms with Gasteiger partial charge < -0.3 is 4.52 Å². The van der Waals surface area contributed by atoms with Crippen molar-refractivity contribution in [2.45, 2.75) is 30.7 Å². The smallest absolute Gasteiger partial charge is 0.243 e. The molecule has 0 saturated carbocycles. The summed E-state index contributed by atoms with van der Waals surface area (Å²) in [6, 6.07) is 7.81. The summed E-state index contributed by atoms with van der Waals surface area (Å²) in [5.41, 5.74) is 0.747. The summed E-state index contributed by atoms with van der Waals surface area (Å²) in [5, 5.41) is 4.25. The maximum atomic E-state index is 12.8. The first-order valence-electron chi connectivity index (χ1n) is 6.69. The van der Waals surface area contributed by atoms with E-state index in [1.54, 1.807) is 24.3 Å². The van der Waals surface area contributed by atoms with E-state index in [9.17, 15) is 8.42 Å². The number of hydrogen-bond acceptors (Lipinski definition) is 4. The highest BCUT2D eigenvalue weighted by Gasteiger charge is 2.38. The Morgan fingerprint density at radius 2 is 2.19 bits per heavy atom. The van der Waals surface area contributed by atoms with Gasteiger partial charge in [0, 0.05) is 17.6 Å². The molecule has 1 aliphatic rings. The summed E-state index contributed by atoms with van der Waals surface area (Å²) in [5.74, 6) is 0.593. The van der Waals surface area contributed by atoms with E-state index in [-0.39, 0.29) is 10.9 Å². The first-order chi connectivity index (χ1) is 9.98. The Hall–Kier alpha value is -1.37. The highest BCUT2D eigenvalue weighted by Crippen LogP contribution is 2.37. The van der Waals surface area contributed by atoms with Gasteiger partial charge in [-0.05, 0) is 38.0 Å². The number of nitrogens with zero attached hydrogens (tertiary/aromatic N) is 2. The molecule has 0 amide bonds. The molecule has 112 valence electrons. The summed E-state index contributed by atoms with van der Waals surface area (Å²) in [6.07, 6.45) is 1.53. The van der Waals surface area contributed by atoms with Crippen LogP contribution >= 0.6 is 11.6 Å². The van der Waals surface area contributed by atoms with E-state index < -0.39 is 10.0 Å². The van der Waals surface area contributed by atoms with Crippen LogP contribution in [-0.2, 0) is 10.0 Å². The monoisotopic (exact) mass is 326 g/mol. The van der Waals surface area contributed by atoms with Crippen molar-refractivity contribution in [1.29, 1.82) is 0 Å². The molecule has 1 atom stereocenters. The first-order valence-corrected chi connectivity index (χ1v) is 8.51. The lowest BCUT2D eigenvalue weighted by atomic mass is 10.2. The van der Waals surface area contributed by atoms with Crippen LogP contribution in [0.4, 0.5) is 0 Å². The zero-order valence-corrected chi connectivity index (χ0v) is 13.1.